The van der Waals surface area contributed by atoms with E-state index in [1.807, 2.05) is 30.3 Å². The first-order valence-electron chi connectivity index (χ1n) is 9.38. The third-order valence-electron chi connectivity index (χ3n) is 4.85. The molecule has 1 aliphatic rings. The zero-order valence-corrected chi connectivity index (χ0v) is 15.6. The molecule has 0 bridgehead atoms. The summed E-state index contributed by atoms with van der Waals surface area (Å²) < 4.78 is 15.7. The summed E-state index contributed by atoms with van der Waals surface area (Å²) in [5.74, 6) is 1.21. The van der Waals surface area contributed by atoms with Crippen molar-refractivity contribution in [3.8, 4) is 11.5 Å². The van der Waals surface area contributed by atoms with Crippen molar-refractivity contribution >= 4 is 5.97 Å². The van der Waals surface area contributed by atoms with Gasteiger partial charge in [0.2, 0.25) is 6.79 Å². The number of unbranched alkanes of at least 4 members (excludes halogenated alkanes) is 1. The topological polar surface area (TPSA) is 65.0 Å². The van der Waals surface area contributed by atoms with Crippen LogP contribution in [0.25, 0.3) is 0 Å². The first-order valence-corrected chi connectivity index (χ1v) is 9.38. The Morgan fingerprint density at radius 2 is 1.85 bits per heavy atom. The highest BCUT2D eigenvalue weighted by molar-refractivity contribution is 5.69. The molecule has 1 atom stereocenters. The molecule has 0 aliphatic carbocycles. The van der Waals surface area contributed by atoms with Crippen LogP contribution < -0.4 is 9.47 Å². The van der Waals surface area contributed by atoms with Crippen LogP contribution in [0.15, 0.2) is 42.5 Å². The number of methoxy groups -OCH3 is 1. The van der Waals surface area contributed by atoms with E-state index in [1.165, 1.54) is 12.7 Å². The van der Waals surface area contributed by atoms with E-state index in [4.69, 9.17) is 9.47 Å². The van der Waals surface area contributed by atoms with Crippen molar-refractivity contribution < 1.29 is 24.1 Å². The number of aliphatic hydroxyl groups is 1. The molecule has 144 valence electrons. The van der Waals surface area contributed by atoms with Crippen LogP contribution in [-0.4, -0.2) is 25.0 Å². The van der Waals surface area contributed by atoms with Crippen LogP contribution >= 0.6 is 0 Å². The lowest BCUT2D eigenvalue weighted by Gasteiger charge is -2.17. The summed E-state index contributed by atoms with van der Waals surface area (Å²) in [5, 5.41) is 10.8. The molecule has 2 aromatic carbocycles. The van der Waals surface area contributed by atoms with E-state index in [9.17, 15) is 9.90 Å². The Hall–Kier alpha value is -2.53. The molecule has 1 unspecified atom stereocenters. The van der Waals surface area contributed by atoms with E-state index >= 15 is 0 Å². The second-order valence-electron chi connectivity index (χ2n) is 6.73. The Bertz CT molecular complexity index is 757. The molecule has 0 aromatic heterocycles. The third-order valence-corrected chi connectivity index (χ3v) is 4.85. The van der Waals surface area contributed by atoms with Crippen LogP contribution in [0.5, 0.6) is 11.5 Å². The molecule has 2 aromatic rings. The summed E-state index contributed by atoms with van der Waals surface area (Å²) in [6, 6.07) is 14.0. The molecule has 0 radical (unpaired) electrons. The number of hydrogen-bond acceptors (Lipinski definition) is 5. The molecule has 3 rings (SSSR count). The van der Waals surface area contributed by atoms with Gasteiger partial charge in [0.1, 0.15) is 0 Å². The summed E-state index contributed by atoms with van der Waals surface area (Å²) in [7, 11) is 1.40. The fourth-order valence-electron chi connectivity index (χ4n) is 3.32. The number of aliphatic hydroxyl groups excluding tert-OH is 1. The molecule has 0 saturated heterocycles. The molecule has 1 aliphatic heterocycles. The lowest BCUT2D eigenvalue weighted by molar-refractivity contribution is -0.140. The molecule has 0 fully saturated rings. The van der Waals surface area contributed by atoms with Crippen LogP contribution in [0.1, 0.15) is 48.5 Å². The minimum atomic E-state index is -0.574. The zero-order valence-electron chi connectivity index (χ0n) is 15.6. The Kier molecular flexibility index (Phi) is 6.71. The number of hydrogen-bond donors (Lipinski definition) is 1. The molecule has 5 nitrogen and oxygen atoms in total. The fraction of sp³-hybridized carbons (Fsp3) is 0.409. The minimum Gasteiger partial charge on any atom is -0.469 e. The maximum atomic E-state index is 11.3. The molecule has 0 saturated carbocycles. The Morgan fingerprint density at radius 1 is 1.11 bits per heavy atom. The standard InChI is InChI=1S/C22H26O5/c1-25-22(24)10-6-5-9-17-13-20-21(27-15-26-20)14-18(17)19(23)12-11-16-7-3-2-4-8-16/h2-4,7-8,13-14,19,23H,5-6,9-12,15H2,1H3. The van der Waals surface area contributed by atoms with Gasteiger partial charge in [0.15, 0.2) is 11.5 Å². The van der Waals surface area contributed by atoms with Crippen molar-refractivity contribution in [2.75, 3.05) is 13.9 Å². The van der Waals surface area contributed by atoms with E-state index in [-0.39, 0.29) is 12.8 Å². The Balaban J connectivity index is 1.67. The number of carbonyl (C=O) groups excluding carboxylic acids is 1. The number of aryl methyl sites for hydroxylation is 2. The maximum absolute atomic E-state index is 11.3. The van der Waals surface area contributed by atoms with Gasteiger partial charge >= 0.3 is 5.97 Å². The highest BCUT2D eigenvalue weighted by Crippen LogP contribution is 2.38. The molecule has 0 spiro atoms. The number of rotatable bonds is 9. The molecule has 1 N–H and O–H groups in total. The lowest BCUT2D eigenvalue weighted by atomic mass is 9.93. The smallest absolute Gasteiger partial charge is 0.305 e. The second-order valence-corrected chi connectivity index (χ2v) is 6.73. The summed E-state index contributed by atoms with van der Waals surface area (Å²) in [4.78, 5) is 11.3. The lowest BCUT2D eigenvalue weighted by Crippen LogP contribution is -2.05. The van der Waals surface area contributed by atoms with Crippen LogP contribution in [0.2, 0.25) is 0 Å². The van der Waals surface area contributed by atoms with Crippen molar-refractivity contribution in [2.24, 2.45) is 0 Å². The van der Waals surface area contributed by atoms with Gasteiger partial charge < -0.3 is 19.3 Å². The summed E-state index contributed by atoms with van der Waals surface area (Å²) in [6.45, 7) is 0.209. The average Bonchev–Trinajstić information content (AvgIpc) is 3.16. The SMILES string of the molecule is COC(=O)CCCCc1cc2c(cc1C(O)CCc1ccccc1)OCO2. The molecule has 1 heterocycles. The average molecular weight is 370 g/mol. The van der Waals surface area contributed by atoms with Crippen LogP contribution in [0.3, 0.4) is 0 Å². The minimum absolute atomic E-state index is 0.191. The second kappa shape index (κ2) is 9.42. The summed E-state index contributed by atoms with van der Waals surface area (Å²) >= 11 is 0. The van der Waals surface area contributed by atoms with Gasteiger partial charge in [-0.2, -0.15) is 0 Å². The normalized spacial score (nSPS) is 13.4. The first kappa shape index (κ1) is 19.2. The van der Waals surface area contributed by atoms with Crippen LogP contribution in [0, 0.1) is 0 Å². The van der Waals surface area contributed by atoms with E-state index in [0.29, 0.717) is 18.6 Å². The monoisotopic (exact) mass is 370 g/mol. The first-order chi connectivity index (χ1) is 13.2. The van der Waals surface area contributed by atoms with E-state index in [1.54, 1.807) is 0 Å². The number of esters is 1. The van der Waals surface area contributed by atoms with E-state index < -0.39 is 6.10 Å². The van der Waals surface area contributed by atoms with Gasteiger partial charge in [0.05, 0.1) is 13.2 Å². The fourth-order valence-corrected chi connectivity index (χ4v) is 3.32. The van der Waals surface area contributed by atoms with Crippen LogP contribution in [0.4, 0.5) is 0 Å². The predicted octanol–water partition coefficient (Wildman–Crippen LogP) is 3.97. The van der Waals surface area contributed by atoms with Gasteiger partial charge in [0.25, 0.3) is 0 Å². The number of benzene rings is 2. The van der Waals surface area contributed by atoms with E-state index in [2.05, 4.69) is 16.9 Å². The number of carbonyl (C=O) groups is 1. The molecule has 27 heavy (non-hydrogen) atoms. The van der Waals surface area contributed by atoms with Crippen molar-refractivity contribution in [3.05, 3.63) is 59.2 Å². The predicted molar refractivity (Wildman–Crippen MR) is 102 cm³/mol. The van der Waals surface area contributed by atoms with Crippen molar-refractivity contribution in [1.82, 2.24) is 0 Å². The van der Waals surface area contributed by atoms with Gasteiger partial charge in [-0.25, -0.2) is 0 Å². The van der Waals surface area contributed by atoms with Crippen molar-refractivity contribution in [1.29, 1.82) is 0 Å². The van der Waals surface area contributed by atoms with Gasteiger partial charge in [-0.3, -0.25) is 4.79 Å². The van der Waals surface area contributed by atoms with Gasteiger partial charge in [-0.1, -0.05) is 30.3 Å². The molecular weight excluding hydrogens is 344 g/mol. The van der Waals surface area contributed by atoms with Gasteiger partial charge in [-0.05, 0) is 60.9 Å². The zero-order chi connectivity index (χ0) is 19.1. The van der Waals surface area contributed by atoms with Crippen molar-refractivity contribution in [2.45, 2.75) is 44.6 Å². The number of ether oxygens (including phenoxy) is 3. The quantitative estimate of drug-likeness (QED) is 0.534. The molecule has 5 heteroatoms. The van der Waals surface area contributed by atoms with Crippen LogP contribution in [-0.2, 0) is 22.4 Å². The maximum Gasteiger partial charge on any atom is 0.305 e. The van der Waals surface area contributed by atoms with Gasteiger partial charge in [0, 0.05) is 6.42 Å². The van der Waals surface area contributed by atoms with Gasteiger partial charge in [-0.15, -0.1) is 0 Å². The Morgan fingerprint density at radius 3 is 2.59 bits per heavy atom. The summed E-state index contributed by atoms with van der Waals surface area (Å²) in [5.41, 5.74) is 3.13. The number of fused-ring (bicyclic) bond motifs is 1. The Labute approximate surface area is 159 Å². The molecular formula is C22H26O5. The highest BCUT2D eigenvalue weighted by atomic mass is 16.7. The largest absolute Gasteiger partial charge is 0.469 e. The summed E-state index contributed by atoms with van der Waals surface area (Å²) in [6.07, 6.45) is 3.64. The third kappa shape index (κ3) is 5.23. The van der Waals surface area contributed by atoms with Crippen molar-refractivity contribution in [3.63, 3.8) is 0 Å². The van der Waals surface area contributed by atoms with E-state index in [0.717, 1.165) is 42.6 Å². The molecule has 0 amide bonds. The highest BCUT2D eigenvalue weighted by Gasteiger charge is 2.21.